The number of aromatic nitrogens is 3. The molecule has 0 aliphatic heterocycles. The minimum atomic E-state index is -0.976. The molecule has 0 amide bonds. The van der Waals surface area contributed by atoms with Crippen molar-refractivity contribution < 1.29 is 28.1 Å². The van der Waals surface area contributed by atoms with Gasteiger partial charge in [0, 0.05) is 22.9 Å². The lowest BCUT2D eigenvalue weighted by molar-refractivity contribution is 0.102. The first kappa shape index (κ1) is 23.4. The summed E-state index contributed by atoms with van der Waals surface area (Å²) in [6.07, 6.45) is 0. The van der Waals surface area contributed by atoms with E-state index < -0.39 is 34.6 Å². The van der Waals surface area contributed by atoms with Crippen LogP contribution in [0.4, 0.5) is 13.2 Å². The summed E-state index contributed by atoms with van der Waals surface area (Å²) in [7, 11) is 0. The molecule has 0 saturated heterocycles. The number of ether oxygens (including phenoxy) is 1. The van der Waals surface area contributed by atoms with Crippen molar-refractivity contribution in [3.05, 3.63) is 81.9 Å². The predicted octanol–water partition coefficient (Wildman–Crippen LogP) is 3.15. The summed E-state index contributed by atoms with van der Waals surface area (Å²) in [5.74, 6) is -3.04. The Morgan fingerprint density at radius 1 is 1.00 bits per heavy atom. The second-order valence-electron chi connectivity index (χ2n) is 7.67. The molecule has 2 N–H and O–H groups in total. The summed E-state index contributed by atoms with van der Waals surface area (Å²) in [6.45, 7) is 0.775. The first-order valence-corrected chi connectivity index (χ1v) is 10.3. The van der Waals surface area contributed by atoms with Crippen LogP contribution in [0.2, 0.25) is 0 Å². The van der Waals surface area contributed by atoms with Crippen LogP contribution >= 0.6 is 0 Å². The van der Waals surface area contributed by atoms with Crippen LogP contribution in [0.15, 0.2) is 53.3 Å². The third-order valence-electron chi connectivity index (χ3n) is 5.30. The van der Waals surface area contributed by atoms with E-state index in [4.69, 9.17) is 4.74 Å². The van der Waals surface area contributed by atoms with Crippen LogP contribution in [-0.4, -0.2) is 44.6 Å². The Bertz CT molecular complexity index is 1400. The molecule has 176 valence electrons. The molecule has 0 spiro atoms. The summed E-state index contributed by atoms with van der Waals surface area (Å²) in [5.41, 5.74) is -0.250. The largest absolute Gasteiger partial charge is 0.463 e. The average Bonchev–Trinajstić information content (AvgIpc) is 2.80. The molecule has 7 nitrogen and oxygen atoms in total. The molecule has 4 rings (SSSR count). The minimum absolute atomic E-state index is 0.134. The van der Waals surface area contributed by atoms with Crippen molar-refractivity contribution >= 4 is 11.0 Å². The fourth-order valence-electron chi connectivity index (χ4n) is 3.53. The monoisotopic (exact) mass is 471 g/mol. The van der Waals surface area contributed by atoms with Crippen LogP contribution in [-0.2, 0) is 0 Å². The normalized spacial score (nSPS) is 11.4. The maximum absolute atomic E-state index is 14.7. The number of hydrogen-bond acceptors (Lipinski definition) is 6. The predicted molar refractivity (Wildman–Crippen MR) is 118 cm³/mol. The van der Waals surface area contributed by atoms with Crippen molar-refractivity contribution in [2.45, 2.75) is 6.92 Å². The second-order valence-corrected chi connectivity index (χ2v) is 7.67. The molecule has 0 saturated carbocycles. The van der Waals surface area contributed by atoms with Crippen molar-refractivity contribution in [3.63, 3.8) is 0 Å². The van der Waals surface area contributed by atoms with Gasteiger partial charge in [0.2, 0.25) is 0 Å². The number of fused-ring (bicyclic) bond motifs is 1. The lowest BCUT2D eigenvalue weighted by Gasteiger charge is -2.16. The number of halogens is 3. The maximum atomic E-state index is 14.7. The number of aliphatic hydroxyl groups excluding tert-OH is 2. The zero-order chi connectivity index (χ0) is 24.4. The second kappa shape index (κ2) is 9.62. The Morgan fingerprint density at radius 2 is 1.71 bits per heavy atom. The summed E-state index contributed by atoms with van der Waals surface area (Å²) < 4.78 is 49.4. The van der Waals surface area contributed by atoms with Crippen LogP contribution in [0.3, 0.4) is 0 Å². The third-order valence-corrected chi connectivity index (χ3v) is 5.30. The van der Waals surface area contributed by atoms with Crippen LogP contribution in [0, 0.1) is 30.3 Å². The number of pyridine rings is 1. The van der Waals surface area contributed by atoms with Gasteiger partial charge < -0.3 is 14.9 Å². The number of rotatable bonds is 7. The van der Waals surface area contributed by atoms with Gasteiger partial charge in [-0.3, -0.25) is 9.36 Å². The zero-order valence-corrected chi connectivity index (χ0v) is 18.0. The molecule has 2 aromatic heterocycles. The van der Waals surface area contributed by atoms with Crippen molar-refractivity contribution in [1.29, 1.82) is 0 Å². The Kier molecular flexibility index (Phi) is 6.62. The maximum Gasteiger partial charge on any atom is 0.319 e. The average molecular weight is 471 g/mol. The van der Waals surface area contributed by atoms with Crippen molar-refractivity contribution in [2.24, 2.45) is 5.92 Å². The van der Waals surface area contributed by atoms with Crippen LogP contribution in [0.25, 0.3) is 28.0 Å². The van der Waals surface area contributed by atoms with Gasteiger partial charge in [0.25, 0.3) is 5.56 Å². The molecule has 0 aliphatic rings. The molecule has 10 heteroatoms. The summed E-state index contributed by atoms with van der Waals surface area (Å²) in [4.78, 5) is 21.4. The summed E-state index contributed by atoms with van der Waals surface area (Å²) in [6, 6.07) is 9.51. The van der Waals surface area contributed by atoms with Gasteiger partial charge in [-0.15, -0.1) is 0 Å². The quantitative estimate of drug-likeness (QED) is 0.430. The van der Waals surface area contributed by atoms with Gasteiger partial charge in [-0.2, -0.15) is 9.97 Å². The highest BCUT2D eigenvalue weighted by molar-refractivity contribution is 5.92. The number of para-hydroxylation sites is 1. The van der Waals surface area contributed by atoms with Crippen LogP contribution < -0.4 is 10.3 Å². The highest BCUT2D eigenvalue weighted by atomic mass is 19.1. The molecular weight excluding hydrogens is 451 g/mol. The molecule has 2 aromatic carbocycles. The third kappa shape index (κ3) is 4.37. The van der Waals surface area contributed by atoms with E-state index in [0.29, 0.717) is 11.1 Å². The molecule has 2 heterocycles. The summed E-state index contributed by atoms with van der Waals surface area (Å²) in [5, 5.41) is 18.9. The molecular formula is C24H20F3N3O4. The molecule has 34 heavy (non-hydrogen) atoms. The van der Waals surface area contributed by atoms with Gasteiger partial charge in [0.1, 0.15) is 23.1 Å². The molecule has 0 fully saturated rings. The van der Waals surface area contributed by atoms with E-state index >= 15 is 0 Å². The van der Waals surface area contributed by atoms with E-state index in [-0.39, 0.29) is 42.6 Å². The molecule has 0 radical (unpaired) electrons. The number of nitrogens with zero attached hydrogens (tertiary/aromatic N) is 3. The number of aryl methyl sites for hydroxylation is 1. The van der Waals surface area contributed by atoms with Gasteiger partial charge >= 0.3 is 6.01 Å². The van der Waals surface area contributed by atoms with Crippen molar-refractivity contribution in [2.75, 3.05) is 19.8 Å². The zero-order valence-electron chi connectivity index (χ0n) is 18.0. The fraction of sp³-hybridized carbons (Fsp3) is 0.208. The Hall–Kier alpha value is -3.76. The van der Waals surface area contributed by atoms with Gasteiger partial charge in [-0.05, 0) is 48.9 Å². The Balaban J connectivity index is 2.04. The van der Waals surface area contributed by atoms with Crippen molar-refractivity contribution in [1.82, 2.24) is 14.5 Å². The van der Waals surface area contributed by atoms with E-state index in [1.807, 2.05) is 0 Å². The van der Waals surface area contributed by atoms with Crippen molar-refractivity contribution in [3.8, 4) is 23.0 Å². The molecule has 0 atom stereocenters. The molecule has 0 unspecified atom stereocenters. The van der Waals surface area contributed by atoms with Gasteiger partial charge in [-0.25, -0.2) is 13.2 Å². The van der Waals surface area contributed by atoms with Crippen LogP contribution in [0.1, 0.15) is 5.56 Å². The lowest BCUT2D eigenvalue weighted by atomic mass is 10.0. The molecule has 0 bridgehead atoms. The first-order valence-electron chi connectivity index (χ1n) is 10.3. The van der Waals surface area contributed by atoms with E-state index in [1.54, 1.807) is 6.92 Å². The highest BCUT2D eigenvalue weighted by Gasteiger charge is 2.21. The smallest absolute Gasteiger partial charge is 0.319 e. The minimum Gasteiger partial charge on any atom is -0.463 e. The van der Waals surface area contributed by atoms with E-state index in [9.17, 15) is 28.2 Å². The Labute approximate surface area is 191 Å². The number of aliphatic hydroxyl groups is 2. The number of hydrogen-bond donors (Lipinski definition) is 2. The van der Waals surface area contributed by atoms with E-state index in [0.717, 1.165) is 22.8 Å². The topological polar surface area (TPSA) is 97.5 Å². The number of benzene rings is 2. The van der Waals surface area contributed by atoms with Crippen LogP contribution in [0.5, 0.6) is 6.01 Å². The van der Waals surface area contributed by atoms with Gasteiger partial charge in [-0.1, -0.05) is 6.07 Å². The first-order chi connectivity index (χ1) is 16.3. The summed E-state index contributed by atoms with van der Waals surface area (Å²) >= 11 is 0. The lowest BCUT2D eigenvalue weighted by Crippen LogP contribution is -2.23. The SMILES string of the molecule is Cc1cc(F)ccc1-c1nc(OCC(CO)CO)nc2c1ccc(=O)n2-c1c(F)cccc1F. The van der Waals surface area contributed by atoms with Gasteiger partial charge in [0.15, 0.2) is 5.65 Å². The van der Waals surface area contributed by atoms with E-state index in [2.05, 4.69) is 9.97 Å². The fourth-order valence-corrected chi connectivity index (χ4v) is 3.53. The molecule has 0 aliphatic carbocycles. The van der Waals surface area contributed by atoms with E-state index in [1.165, 1.54) is 30.3 Å². The van der Waals surface area contributed by atoms with Gasteiger partial charge in [0.05, 0.1) is 25.5 Å². The molecule has 4 aromatic rings. The standard InChI is InChI=1S/C24H20F3N3O4/c1-13-9-15(25)5-6-16(13)21-17-7-8-20(33)30(22-18(26)3-2-4-19(22)27)23(17)29-24(28-21)34-12-14(10-31)11-32/h2-9,14,31-32H,10-12H2,1H3. The Morgan fingerprint density at radius 3 is 2.35 bits per heavy atom. The highest BCUT2D eigenvalue weighted by Crippen LogP contribution is 2.31.